The molecule has 0 heterocycles. The van der Waals surface area contributed by atoms with Crippen LogP contribution in [0.3, 0.4) is 0 Å². The molecular formula is C18H15N3O4. The van der Waals surface area contributed by atoms with Crippen molar-refractivity contribution in [2.75, 3.05) is 0 Å². The van der Waals surface area contributed by atoms with E-state index in [1.165, 1.54) is 12.1 Å². The third-order valence-electron chi connectivity index (χ3n) is 3.52. The molecule has 1 atom stereocenters. The van der Waals surface area contributed by atoms with E-state index in [1.807, 2.05) is 30.3 Å². The Morgan fingerprint density at radius 1 is 1.32 bits per heavy atom. The van der Waals surface area contributed by atoms with Crippen LogP contribution in [-0.2, 0) is 4.79 Å². The average molecular weight is 337 g/mol. The van der Waals surface area contributed by atoms with Crippen molar-refractivity contribution in [1.29, 1.82) is 5.26 Å². The number of nitrogens with one attached hydrogen (secondary N) is 1. The van der Waals surface area contributed by atoms with Crippen LogP contribution >= 0.6 is 0 Å². The topological polar surface area (TPSA) is 116 Å². The predicted octanol–water partition coefficient (Wildman–Crippen LogP) is 3.08. The van der Waals surface area contributed by atoms with Crippen molar-refractivity contribution in [1.82, 2.24) is 5.32 Å². The van der Waals surface area contributed by atoms with Crippen molar-refractivity contribution in [3.63, 3.8) is 0 Å². The molecule has 1 amide bonds. The second kappa shape index (κ2) is 7.75. The van der Waals surface area contributed by atoms with Crippen LogP contribution in [0.5, 0.6) is 5.75 Å². The van der Waals surface area contributed by atoms with Crippen LogP contribution in [0.2, 0.25) is 0 Å². The van der Waals surface area contributed by atoms with Gasteiger partial charge in [-0.05, 0) is 36.3 Å². The average Bonchev–Trinajstić information content (AvgIpc) is 2.60. The molecule has 2 aromatic rings. The minimum Gasteiger partial charge on any atom is -0.502 e. The fourth-order valence-electron chi connectivity index (χ4n) is 2.20. The Balaban J connectivity index is 2.20. The molecule has 0 saturated carbocycles. The lowest BCUT2D eigenvalue weighted by Crippen LogP contribution is -2.27. The van der Waals surface area contributed by atoms with Crippen molar-refractivity contribution < 1.29 is 14.8 Å². The molecule has 0 aliphatic carbocycles. The standard InChI is InChI=1S/C18H15N3O4/c1-12(14-5-3-2-4-6-14)20-18(23)15(11-19)9-13-7-8-16(21(24)25)17(22)10-13/h2-10,12,22H,1H3,(H,20,23)/t12-/m1/s1. The third-order valence-corrected chi connectivity index (χ3v) is 3.52. The van der Waals surface area contributed by atoms with Gasteiger partial charge in [0.1, 0.15) is 11.6 Å². The predicted molar refractivity (Wildman–Crippen MR) is 91.4 cm³/mol. The largest absolute Gasteiger partial charge is 0.502 e. The number of phenolic OH excluding ortho intramolecular Hbond substituents is 1. The Hall–Kier alpha value is -3.66. The summed E-state index contributed by atoms with van der Waals surface area (Å²) in [6.07, 6.45) is 1.26. The summed E-state index contributed by atoms with van der Waals surface area (Å²) in [6.45, 7) is 1.79. The van der Waals surface area contributed by atoms with Crippen LogP contribution in [0.4, 0.5) is 5.69 Å². The van der Waals surface area contributed by atoms with Crippen LogP contribution in [-0.4, -0.2) is 15.9 Å². The maximum absolute atomic E-state index is 12.2. The van der Waals surface area contributed by atoms with Gasteiger partial charge in [0.15, 0.2) is 5.75 Å². The normalized spacial score (nSPS) is 12.1. The lowest BCUT2D eigenvalue weighted by atomic mass is 10.1. The van der Waals surface area contributed by atoms with E-state index in [0.29, 0.717) is 5.56 Å². The first-order chi connectivity index (χ1) is 11.9. The van der Waals surface area contributed by atoms with E-state index in [0.717, 1.165) is 17.7 Å². The van der Waals surface area contributed by atoms with Crippen molar-refractivity contribution in [3.05, 3.63) is 75.3 Å². The minimum atomic E-state index is -0.720. The number of nitrogens with zero attached hydrogens (tertiary/aromatic N) is 2. The van der Waals surface area contributed by atoms with E-state index in [2.05, 4.69) is 5.32 Å². The highest BCUT2D eigenvalue weighted by molar-refractivity contribution is 6.01. The zero-order chi connectivity index (χ0) is 18.4. The maximum Gasteiger partial charge on any atom is 0.310 e. The van der Waals surface area contributed by atoms with Crippen LogP contribution in [0.25, 0.3) is 6.08 Å². The van der Waals surface area contributed by atoms with Gasteiger partial charge in [-0.3, -0.25) is 14.9 Å². The van der Waals surface area contributed by atoms with Gasteiger partial charge >= 0.3 is 5.69 Å². The second-order valence-electron chi connectivity index (χ2n) is 5.28. The molecule has 2 rings (SSSR count). The van der Waals surface area contributed by atoms with Crippen molar-refractivity contribution in [3.8, 4) is 11.8 Å². The molecule has 2 aromatic carbocycles. The minimum absolute atomic E-state index is 0.170. The monoisotopic (exact) mass is 337 g/mol. The summed E-state index contributed by atoms with van der Waals surface area (Å²) < 4.78 is 0. The lowest BCUT2D eigenvalue weighted by molar-refractivity contribution is -0.385. The Labute approximate surface area is 144 Å². The van der Waals surface area contributed by atoms with Crippen molar-refractivity contribution in [2.45, 2.75) is 13.0 Å². The third kappa shape index (κ3) is 4.42. The lowest BCUT2D eigenvalue weighted by Gasteiger charge is -2.13. The number of hydrogen-bond acceptors (Lipinski definition) is 5. The highest BCUT2D eigenvalue weighted by Crippen LogP contribution is 2.27. The molecule has 2 N–H and O–H groups in total. The van der Waals surface area contributed by atoms with Gasteiger partial charge in [-0.2, -0.15) is 5.26 Å². The molecule has 0 fully saturated rings. The SMILES string of the molecule is C[C@@H](NC(=O)C(C#N)=Cc1ccc([N+](=O)[O-])c(O)c1)c1ccccc1. The fraction of sp³-hybridized carbons (Fsp3) is 0.111. The molecule has 7 heteroatoms. The van der Waals surface area contributed by atoms with Crippen molar-refractivity contribution >= 4 is 17.7 Å². The molecule has 0 spiro atoms. The molecule has 126 valence electrons. The number of rotatable bonds is 5. The highest BCUT2D eigenvalue weighted by atomic mass is 16.6. The van der Waals surface area contributed by atoms with E-state index >= 15 is 0 Å². The van der Waals surface area contributed by atoms with E-state index in [-0.39, 0.29) is 11.6 Å². The summed E-state index contributed by atoms with van der Waals surface area (Å²) >= 11 is 0. The summed E-state index contributed by atoms with van der Waals surface area (Å²) in [5.74, 6) is -1.11. The smallest absolute Gasteiger partial charge is 0.310 e. The van der Waals surface area contributed by atoms with E-state index in [1.54, 1.807) is 13.0 Å². The van der Waals surface area contributed by atoms with E-state index < -0.39 is 22.3 Å². The van der Waals surface area contributed by atoms with Gasteiger partial charge in [-0.1, -0.05) is 30.3 Å². The number of nitro benzene ring substituents is 1. The van der Waals surface area contributed by atoms with Gasteiger partial charge in [-0.25, -0.2) is 0 Å². The number of phenols is 1. The van der Waals surface area contributed by atoms with Gasteiger partial charge in [-0.15, -0.1) is 0 Å². The zero-order valence-corrected chi connectivity index (χ0v) is 13.3. The Morgan fingerprint density at radius 3 is 2.56 bits per heavy atom. The number of carbonyl (C=O) groups is 1. The highest BCUT2D eigenvalue weighted by Gasteiger charge is 2.16. The number of aromatic hydroxyl groups is 1. The van der Waals surface area contributed by atoms with Crippen LogP contribution < -0.4 is 5.32 Å². The summed E-state index contributed by atoms with van der Waals surface area (Å²) in [4.78, 5) is 22.2. The zero-order valence-electron chi connectivity index (χ0n) is 13.3. The van der Waals surface area contributed by atoms with Crippen molar-refractivity contribution in [2.24, 2.45) is 0 Å². The molecular weight excluding hydrogens is 322 g/mol. The molecule has 0 bridgehead atoms. The first kappa shape index (κ1) is 17.7. The maximum atomic E-state index is 12.2. The van der Waals surface area contributed by atoms with E-state index in [4.69, 9.17) is 0 Å². The fourth-order valence-corrected chi connectivity index (χ4v) is 2.20. The molecule has 0 radical (unpaired) electrons. The number of carbonyl (C=O) groups excluding carboxylic acids is 1. The van der Waals surface area contributed by atoms with Gasteiger partial charge in [0.2, 0.25) is 0 Å². The molecule has 0 aliphatic rings. The number of benzene rings is 2. The Bertz CT molecular complexity index is 870. The second-order valence-corrected chi connectivity index (χ2v) is 5.28. The molecule has 0 aromatic heterocycles. The van der Waals surface area contributed by atoms with Gasteiger partial charge in [0.05, 0.1) is 11.0 Å². The number of nitro groups is 1. The van der Waals surface area contributed by atoms with Gasteiger partial charge in [0, 0.05) is 6.07 Å². The Kier molecular flexibility index (Phi) is 5.48. The molecule has 25 heavy (non-hydrogen) atoms. The first-order valence-electron chi connectivity index (χ1n) is 7.37. The van der Waals surface area contributed by atoms with Gasteiger partial charge in [0.25, 0.3) is 5.91 Å². The summed E-state index contributed by atoms with van der Waals surface area (Å²) in [6, 6.07) is 14.4. The number of nitriles is 1. The van der Waals surface area contributed by atoms with Gasteiger partial charge < -0.3 is 10.4 Å². The number of amides is 1. The quantitative estimate of drug-likeness (QED) is 0.376. The summed E-state index contributed by atoms with van der Waals surface area (Å²) in [5.41, 5.74) is 0.581. The van der Waals surface area contributed by atoms with Crippen LogP contribution in [0, 0.1) is 21.4 Å². The molecule has 0 unspecified atom stereocenters. The number of hydrogen-bond donors (Lipinski definition) is 2. The van der Waals surface area contributed by atoms with Crippen LogP contribution in [0.15, 0.2) is 54.1 Å². The van der Waals surface area contributed by atoms with Crippen LogP contribution in [0.1, 0.15) is 24.1 Å². The molecule has 7 nitrogen and oxygen atoms in total. The summed E-state index contributed by atoms with van der Waals surface area (Å²) in [5, 5.41) is 32.2. The first-order valence-corrected chi connectivity index (χ1v) is 7.37. The molecule has 0 aliphatic heterocycles. The Morgan fingerprint density at radius 2 is 2.00 bits per heavy atom. The summed E-state index contributed by atoms with van der Waals surface area (Å²) in [7, 11) is 0. The van der Waals surface area contributed by atoms with E-state index in [9.17, 15) is 25.3 Å². The molecule has 0 saturated heterocycles.